The number of hydrogen-bond donors (Lipinski definition) is 2. The smallest absolute Gasteiger partial charge is 0.235 e. The molecule has 2 saturated heterocycles. The van der Waals surface area contributed by atoms with Gasteiger partial charge in [0.2, 0.25) is 17.5 Å². The maximum atomic E-state index is 14.3. The Bertz CT molecular complexity index is 1450. The number of rotatable bonds is 2. The number of ether oxygens (including phenoxy) is 1. The zero-order valence-electron chi connectivity index (χ0n) is 23.0. The normalized spacial score (nSPS) is 38.6. The molecule has 0 radical (unpaired) electrons. The molecule has 1 saturated carbocycles. The first-order chi connectivity index (χ1) is 18.6. The minimum Gasteiger partial charge on any atom is -0.365 e. The summed E-state index contributed by atoms with van der Waals surface area (Å²) in [4.78, 5) is 57.3. The maximum Gasteiger partial charge on any atom is 0.235 e. The number of aromatic amines is 1. The molecule has 1 amide bonds. The highest BCUT2D eigenvalue weighted by Crippen LogP contribution is 2.66. The van der Waals surface area contributed by atoms with Gasteiger partial charge < -0.3 is 15.0 Å². The molecular formula is C32H36N2O5. The standard InChI is InChI=1S/C32H36N2O5/c1-17-8-7-10-22-29-31(4,39-29)19(3)27-24(15-20-16-33-23-11-6-5-9-21(20)23)34-30(38)32(22,27)26(36)13-12-25(35)28(37)18(2)14-17/h5-7,9-11,14,16-17,19,22,24,27,29,33H,8,12-13,15H2,1-4H3,(H,34,38)/t17-,19-,22-,24-,27-,29?,31+,32+/m0/s1. The van der Waals surface area contributed by atoms with Crippen molar-refractivity contribution in [3.8, 4) is 0 Å². The number of epoxide rings is 1. The lowest BCUT2D eigenvalue weighted by Crippen LogP contribution is -2.58. The van der Waals surface area contributed by atoms with Crippen LogP contribution in [0, 0.1) is 29.1 Å². The number of amides is 1. The summed E-state index contributed by atoms with van der Waals surface area (Å²) >= 11 is 0. The van der Waals surface area contributed by atoms with E-state index in [0.717, 1.165) is 16.5 Å². The van der Waals surface area contributed by atoms with Gasteiger partial charge in [0.1, 0.15) is 11.2 Å². The number of fused-ring (bicyclic) bond motifs is 3. The number of Topliss-reactive ketones (excluding diaryl/α,β-unsaturated/α-hetero) is 3. The number of hydrogen-bond acceptors (Lipinski definition) is 5. The molecule has 1 unspecified atom stereocenters. The van der Waals surface area contributed by atoms with Gasteiger partial charge in [0.25, 0.3) is 0 Å². The summed E-state index contributed by atoms with van der Waals surface area (Å²) in [6.45, 7) is 7.83. The predicted octanol–water partition coefficient (Wildman–Crippen LogP) is 4.26. The molecule has 2 aromatic rings. The van der Waals surface area contributed by atoms with Gasteiger partial charge in [-0.3, -0.25) is 19.2 Å². The van der Waals surface area contributed by atoms with Crippen LogP contribution in [0.3, 0.4) is 0 Å². The number of benzene rings is 1. The molecule has 204 valence electrons. The molecule has 4 aliphatic rings. The Morgan fingerprint density at radius 3 is 2.64 bits per heavy atom. The Morgan fingerprint density at radius 1 is 1.08 bits per heavy atom. The van der Waals surface area contributed by atoms with Gasteiger partial charge in [-0.1, -0.05) is 50.3 Å². The zero-order valence-corrected chi connectivity index (χ0v) is 23.0. The summed E-state index contributed by atoms with van der Waals surface area (Å²) in [6.07, 6.45) is 8.46. The van der Waals surface area contributed by atoms with E-state index >= 15 is 0 Å². The molecule has 2 N–H and O–H groups in total. The van der Waals surface area contributed by atoms with Gasteiger partial charge in [-0.25, -0.2) is 0 Å². The number of nitrogens with one attached hydrogen (secondary N) is 2. The maximum absolute atomic E-state index is 14.3. The van der Waals surface area contributed by atoms with E-state index in [1.54, 1.807) is 6.92 Å². The van der Waals surface area contributed by atoms with Crippen molar-refractivity contribution in [2.24, 2.45) is 29.1 Å². The molecule has 0 bridgehead atoms. The topological polar surface area (TPSA) is 109 Å². The van der Waals surface area contributed by atoms with E-state index in [1.165, 1.54) is 0 Å². The van der Waals surface area contributed by atoms with Crippen LogP contribution in [0.25, 0.3) is 10.9 Å². The van der Waals surface area contributed by atoms with E-state index in [-0.39, 0.29) is 54.4 Å². The molecule has 3 heterocycles. The Morgan fingerprint density at radius 2 is 1.85 bits per heavy atom. The largest absolute Gasteiger partial charge is 0.365 e. The second-order valence-electron chi connectivity index (χ2n) is 12.2. The molecule has 3 fully saturated rings. The summed E-state index contributed by atoms with van der Waals surface area (Å²) in [5, 5.41) is 4.34. The lowest BCUT2D eigenvalue weighted by molar-refractivity contribution is -0.149. The zero-order chi connectivity index (χ0) is 27.7. The van der Waals surface area contributed by atoms with Crippen LogP contribution in [0.5, 0.6) is 0 Å². The summed E-state index contributed by atoms with van der Waals surface area (Å²) in [5.41, 5.74) is 0.739. The van der Waals surface area contributed by atoms with Crippen LogP contribution in [-0.4, -0.2) is 46.0 Å². The highest BCUT2D eigenvalue weighted by atomic mass is 16.6. The molecule has 1 aromatic carbocycles. The summed E-state index contributed by atoms with van der Waals surface area (Å²) in [6, 6.07) is 7.79. The lowest BCUT2D eigenvalue weighted by Gasteiger charge is -2.46. The van der Waals surface area contributed by atoms with E-state index in [1.807, 2.05) is 49.5 Å². The van der Waals surface area contributed by atoms with Crippen molar-refractivity contribution in [1.29, 1.82) is 0 Å². The summed E-state index contributed by atoms with van der Waals surface area (Å²) in [7, 11) is 0. The highest BCUT2D eigenvalue weighted by Gasteiger charge is 2.78. The Hall–Kier alpha value is -3.32. The van der Waals surface area contributed by atoms with Crippen molar-refractivity contribution in [1.82, 2.24) is 10.3 Å². The van der Waals surface area contributed by atoms with Crippen LogP contribution in [0.1, 0.15) is 52.5 Å². The minimum atomic E-state index is -1.35. The molecule has 1 aromatic heterocycles. The van der Waals surface area contributed by atoms with E-state index < -0.39 is 28.5 Å². The number of carbonyl (C=O) groups excluding carboxylic acids is 4. The van der Waals surface area contributed by atoms with E-state index in [4.69, 9.17) is 4.74 Å². The van der Waals surface area contributed by atoms with Crippen LogP contribution < -0.4 is 5.32 Å². The first-order valence-electron chi connectivity index (χ1n) is 14.1. The third-order valence-electron chi connectivity index (χ3n) is 9.99. The van der Waals surface area contributed by atoms with Gasteiger partial charge in [-0.2, -0.15) is 0 Å². The van der Waals surface area contributed by atoms with Gasteiger partial charge in [0.15, 0.2) is 0 Å². The van der Waals surface area contributed by atoms with Crippen molar-refractivity contribution in [2.45, 2.75) is 71.1 Å². The number of aromatic nitrogens is 1. The Labute approximate surface area is 228 Å². The number of carbonyl (C=O) groups is 4. The molecule has 2 aliphatic carbocycles. The van der Waals surface area contributed by atoms with Crippen molar-refractivity contribution < 1.29 is 23.9 Å². The second-order valence-corrected chi connectivity index (χ2v) is 12.2. The van der Waals surface area contributed by atoms with Crippen LogP contribution in [0.4, 0.5) is 0 Å². The van der Waals surface area contributed by atoms with Crippen LogP contribution in [0.15, 0.2) is 54.3 Å². The van der Waals surface area contributed by atoms with Gasteiger partial charge in [0.05, 0.1) is 11.7 Å². The lowest BCUT2D eigenvalue weighted by atomic mass is 9.51. The molecule has 39 heavy (non-hydrogen) atoms. The fourth-order valence-electron chi connectivity index (χ4n) is 7.84. The first-order valence-corrected chi connectivity index (χ1v) is 14.1. The van der Waals surface area contributed by atoms with Crippen LogP contribution >= 0.6 is 0 Å². The predicted molar refractivity (Wildman–Crippen MR) is 147 cm³/mol. The number of H-pyrrole nitrogens is 1. The summed E-state index contributed by atoms with van der Waals surface area (Å²) in [5.74, 6) is -2.47. The van der Waals surface area contributed by atoms with E-state index in [0.29, 0.717) is 18.4 Å². The third kappa shape index (κ3) is 3.80. The van der Waals surface area contributed by atoms with Gasteiger partial charge in [-0.05, 0) is 55.7 Å². The Balaban J connectivity index is 1.44. The Kier molecular flexibility index (Phi) is 6.06. The van der Waals surface area contributed by atoms with Gasteiger partial charge >= 0.3 is 0 Å². The van der Waals surface area contributed by atoms with Crippen molar-refractivity contribution in [3.63, 3.8) is 0 Å². The molecular weight excluding hydrogens is 492 g/mol. The van der Waals surface area contributed by atoms with Crippen LogP contribution in [0.2, 0.25) is 0 Å². The molecule has 2 aliphatic heterocycles. The number of allylic oxidation sites excluding steroid dienone is 3. The molecule has 8 atom stereocenters. The minimum absolute atomic E-state index is 0.0299. The molecule has 6 rings (SSSR count). The van der Waals surface area contributed by atoms with Crippen molar-refractivity contribution >= 4 is 34.2 Å². The quantitative estimate of drug-likeness (QED) is 0.262. The monoisotopic (exact) mass is 528 g/mol. The first kappa shape index (κ1) is 25.9. The average molecular weight is 529 g/mol. The molecule has 7 nitrogen and oxygen atoms in total. The SMILES string of the molecule is CC1=C[C@@H](C)CC=C[C@H]2C3O[C@]3(C)[C@@H](C)[C@H]3[C@H](Cc4c[nH]c5ccccc45)NC(=O)[C@]32C(=O)CCC(=O)C1=O. The van der Waals surface area contributed by atoms with Gasteiger partial charge in [-0.15, -0.1) is 0 Å². The van der Waals surface area contributed by atoms with Crippen molar-refractivity contribution in [3.05, 3.63) is 59.8 Å². The van der Waals surface area contributed by atoms with E-state index in [2.05, 4.69) is 30.2 Å². The highest BCUT2D eigenvalue weighted by molar-refractivity contribution is 6.43. The van der Waals surface area contributed by atoms with Crippen LogP contribution in [-0.2, 0) is 30.3 Å². The molecule has 1 spiro atoms. The average Bonchev–Trinajstić information content (AvgIpc) is 3.31. The molecule has 7 heteroatoms. The number of ketones is 3. The van der Waals surface area contributed by atoms with Crippen molar-refractivity contribution in [2.75, 3.05) is 0 Å². The summed E-state index contributed by atoms with van der Waals surface area (Å²) < 4.78 is 6.34. The fourth-order valence-corrected chi connectivity index (χ4v) is 7.84. The van der Waals surface area contributed by atoms with Gasteiger partial charge in [0, 0.05) is 47.8 Å². The fraction of sp³-hybridized carbons (Fsp3) is 0.500. The second kappa shape index (κ2) is 9.12. The third-order valence-corrected chi connectivity index (χ3v) is 9.99. The number of para-hydroxylation sites is 1. The van der Waals surface area contributed by atoms with E-state index in [9.17, 15) is 19.2 Å².